The van der Waals surface area contributed by atoms with Crippen molar-refractivity contribution in [2.45, 2.75) is 38.3 Å². The first-order valence-corrected chi connectivity index (χ1v) is 8.15. The molecule has 124 valence electrons. The Morgan fingerprint density at radius 3 is 2.87 bits per heavy atom. The molecule has 1 amide bonds. The molecule has 0 radical (unpaired) electrons. The topological polar surface area (TPSA) is 76.2 Å². The van der Waals surface area contributed by atoms with Gasteiger partial charge < -0.3 is 9.73 Å². The summed E-state index contributed by atoms with van der Waals surface area (Å²) in [6.45, 7) is 4.43. The fourth-order valence-electron chi connectivity index (χ4n) is 3.00. The van der Waals surface area contributed by atoms with Gasteiger partial charge in [-0.3, -0.25) is 9.69 Å². The molecular formula is C16H23N5O2. The standard InChI is InChI=1S/C16H23N5O2/c1-13(21-12-17-11-19-21)16(22)18-10-14(15-6-5-9-23-15)20-7-3-2-4-8-20/h5-6,9,11-14H,2-4,7-8,10H2,1H3,(H,18,22). The number of rotatable bonds is 6. The lowest BCUT2D eigenvalue weighted by atomic mass is 10.1. The van der Waals surface area contributed by atoms with Gasteiger partial charge in [0, 0.05) is 6.54 Å². The van der Waals surface area contributed by atoms with Crippen LogP contribution in [-0.2, 0) is 4.79 Å². The van der Waals surface area contributed by atoms with Crippen LogP contribution in [0, 0.1) is 0 Å². The molecule has 1 saturated heterocycles. The van der Waals surface area contributed by atoms with Gasteiger partial charge in [-0.1, -0.05) is 6.42 Å². The number of hydrogen-bond donors (Lipinski definition) is 1. The van der Waals surface area contributed by atoms with E-state index in [0.29, 0.717) is 6.54 Å². The molecule has 7 nitrogen and oxygen atoms in total. The maximum atomic E-state index is 12.3. The molecular weight excluding hydrogens is 294 g/mol. The van der Waals surface area contributed by atoms with Gasteiger partial charge in [-0.15, -0.1) is 0 Å². The van der Waals surface area contributed by atoms with Crippen molar-refractivity contribution in [3.8, 4) is 0 Å². The average molecular weight is 317 g/mol. The molecule has 0 spiro atoms. The molecule has 0 aromatic carbocycles. The molecule has 0 saturated carbocycles. The fraction of sp³-hybridized carbons (Fsp3) is 0.562. The van der Waals surface area contributed by atoms with E-state index in [1.165, 1.54) is 25.6 Å². The predicted octanol–water partition coefficient (Wildman–Crippen LogP) is 1.78. The summed E-state index contributed by atoms with van der Waals surface area (Å²) < 4.78 is 7.15. The maximum absolute atomic E-state index is 12.3. The van der Waals surface area contributed by atoms with Crippen molar-refractivity contribution in [2.75, 3.05) is 19.6 Å². The van der Waals surface area contributed by atoms with E-state index in [-0.39, 0.29) is 18.0 Å². The second kappa shape index (κ2) is 7.41. The summed E-state index contributed by atoms with van der Waals surface area (Å²) in [7, 11) is 0. The van der Waals surface area contributed by atoms with Crippen molar-refractivity contribution in [2.24, 2.45) is 0 Å². The molecule has 1 aliphatic rings. The normalized spacial score (nSPS) is 18.5. The number of nitrogens with one attached hydrogen (secondary N) is 1. The van der Waals surface area contributed by atoms with E-state index in [1.54, 1.807) is 17.3 Å². The third-order valence-electron chi connectivity index (χ3n) is 4.39. The minimum absolute atomic E-state index is 0.0657. The number of likely N-dealkylation sites (tertiary alicyclic amines) is 1. The summed E-state index contributed by atoms with van der Waals surface area (Å²) in [5.74, 6) is 0.838. The molecule has 0 aliphatic carbocycles. The summed E-state index contributed by atoms with van der Waals surface area (Å²) >= 11 is 0. The second-order valence-corrected chi connectivity index (χ2v) is 5.92. The van der Waals surface area contributed by atoms with Crippen LogP contribution in [0.15, 0.2) is 35.5 Å². The highest BCUT2D eigenvalue weighted by molar-refractivity contribution is 5.79. The van der Waals surface area contributed by atoms with Crippen LogP contribution in [0.3, 0.4) is 0 Å². The van der Waals surface area contributed by atoms with Crippen molar-refractivity contribution in [1.29, 1.82) is 0 Å². The van der Waals surface area contributed by atoms with Gasteiger partial charge in [-0.2, -0.15) is 5.10 Å². The third kappa shape index (κ3) is 3.79. The number of carbonyl (C=O) groups excluding carboxylic acids is 1. The molecule has 23 heavy (non-hydrogen) atoms. The Morgan fingerprint density at radius 2 is 2.22 bits per heavy atom. The zero-order valence-corrected chi connectivity index (χ0v) is 13.4. The average Bonchev–Trinajstić information content (AvgIpc) is 3.29. The Balaban J connectivity index is 1.63. The lowest BCUT2D eigenvalue weighted by Gasteiger charge is -2.33. The van der Waals surface area contributed by atoms with Gasteiger partial charge in [-0.05, 0) is 45.0 Å². The van der Waals surface area contributed by atoms with E-state index >= 15 is 0 Å². The Labute approximate surface area is 135 Å². The van der Waals surface area contributed by atoms with E-state index in [0.717, 1.165) is 18.8 Å². The largest absolute Gasteiger partial charge is 0.468 e. The maximum Gasteiger partial charge on any atom is 0.244 e. The molecule has 1 aliphatic heterocycles. The summed E-state index contributed by atoms with van der Waals surface area (Å²) in [5, 5.41) is 7.05. The predicted molar refractivity (Wildman–Crippen MR) is 84.6 cm³/mol. The zero-order valence-electron chi connectivity index (χ0n) is 13.4. The molecule has 1 fully saturated rings. The number of nitrogens with zero attached hydrogens (tertiary/aromatic N) is 4. The Morgan fingerprint density at radius 1 is 1.39 bits per heavy atom. The smallest absolute Gasteiger partial charge is 0.244 e. The third-order valence-corrected chi connectivity index (χ3v) is 4.39. The highest BCUT2D eigenvalue weighted by Crippen LogP contribution is 2.24. The number of piperidine rings is 1. The van der Waals surface area contributed by atoms with Crippen LogP contribution in [-0.4, -0.2) is 45.2 Å². The van der Waals surface area contributed by atoms with Crippen LogP contribution in [0.1, 0.15) is 44.0 Å². The van der Waals surface area contributed by atoms with E-state index in [2.05, 4.69) is 20.3 Å². The SMILES string of the molecule is CC(C(=O)NCC(c1ccco1)N1CCCCC1)n1cncn1. The van der Waals surface area contributed by atoms with Crippen molar-refractivity contribution < 1.29 is 9.21 Å². The van der Waals surface area contributed by atoms with Gasteiger partial charge in [0.15, 0.2) is 0 Å². The van der Waals surface area contributed by atoms with E-state index in [9.17, 15) is 4.79 Å². The first kappa shape index (κ1) is 15.7. The number of amides is 1. The number of aromatic nitrogens is 3. The zero-order chi connectivity index (χ0) is 16.1. The Hall–Kier alpha value is -2.15. The van der Waals surface area contributed by atoms with Crippen molar-refractivity contribution in [1.82, 2.24) is 25.0 Å². The minimum Gasteiger partial charge on any atom is -0.468 e. The Kier molecular flexibility index (Phi) is 5.07. The van der Waals surface area contributed by atoms with Gasteiger partial charge in [0.2, 0.25) is 5.91 Å². The number of carbonyl (C=O) groups is 1. The van der Waals surface area contributed by atoms with Crippen molar-refractivity contribution in [3.05, 3.63) is 36.8 Å². The lowest BCUT2D eigenvalue weighted by molar-refractivity contribution is -0.124. The molecule has 2 aromatic heterocycles. The highest BCUT2D eigenvalue weighted by atomic mass is 16.3. The van der Waals surface area contributed by atoms with Gasteiger partial charge >= 0.3 is 0 Å². The van der Waals surface area contributed by atoms with Crippen molar-refractivity contribution >= 4 is 5.91 Å². The molecule has 2 aromatic rings. The molecule has 0 bridgehead atoms. The first-order chi connectivity index (χ1) is 11.3. The quantitative estimate of drug-likeness (QED) is 0.879. The highest BCUT2D eigenvalue weighted by Gasteiger charge is 2.26. The summed E-state index contributed by atoms with van der Waals surface area (Å²) in [6, 6.07) is 3.58. The monoisotopic (exact) mass is 317 g/mol. The summed E-state index contributed by atoms with van der Waals surface area (Å²) in [4.78, 5) is 18.6. The number of furan rings is 1. The molecule has 3 rings (SSSR count). The lowest BCUT2D eigenvalue weighted by Crippen LogP contribution is -2.42. The van der Waals surface area contributed by atoms with Crippen LogP contribution < -0.4 is 5.32 Å². The van der Waals surface area contributed by atoms with Crippen LogP contribution in [0.5, 0.6) is 0 Å². The van der Waals surface area contributed by atoms with Gasteiger partial charge in [-0.25, -0.2) is 9.67 Å². The second-order valence-electron chi connectivity index (χ2n) is 5.92. The van der Waals surface area contributed by atoms with E-state index < -0.39 is 0 Å². The fourth-order valence-corrected chi connectivity index (χ4v) is 3.00. The summed E-state index contributed by atoms with van der Waals surface area (Å²) in [5.41, 5.74) is 0. The molecule has 2 atom stereocenters. The molecule has 1 N–H and O–H groups in total. The van der Waals surface area contributed by atoms with Crippen LogP contribution in [0.4, 0.5) is 0 Å². The van der Waals surface area contributed by atoms with Gasteiger partial charge in [0.05, 0.1) is 12.3 Å². The van der Waals surface area contributed by atoms with Gasteiger partial charge in [0.25, 0.3) is 0 Å². The first-order valence-electron chi connectivity index (χ1n) is 8.15. The van der Waals surface area contributed by atoms with E-state index in [4.69, 9.17) is 4.42 Å². The molecule has 2 unspecified atom stereocenters. The van der Waals surface area contributed by atoms with Gasteiger partial charge in [0.1, 0.15) is 24.5 Å². The Bertz CT molecular complexity index is 590. The van der Waals surface area contributed by atoms with Crippen LogP contribution >= 0.6 is 0 Å². The molecule has 7 heteroatoms. The molecule has 3 heterocycles. The summed E-state index contributed by atoms with van der Waals surface area (Å²) in [6.07, 6.45) is 8.34. The van der Waals surface area contributed by atoms with Crippen molar-refractivity contribution in [3.63, 3.8) is 0 Å². The van der Waals surface area contributed by atoms with Crippen LogP contribution in [0.2, 0.25) is 0 Å². The number of hydrogen-bond acceptors (Lipinski definition) is 5. The van der Waals surface area contributed by atoms with E-state index in [1.807, 2.05) is 19.1 Å². The van der Waals surface area contributed by atoms with Crippen LogP contribution in [0.25, 0.3) is 0 Å². The minimum atomic E-state index is -0.379.